The second-order valence-corrected chi connectivity index (χ2v) is 6.34. The first kappa shape index (κ1) is 15.6. The van der Waals surface area contributed by atoms with Crippen LogP contribution in [0.15, 0.2) is 84.9 Å². The maximum Gasteiger partial charge on any atom is 0.123 e. The molecular formula is C24H19F. The zero-order valence-corrected chi connectivity index (χ0v) is 14.2. The van der Waals surface area contributed by atoms with Gasteiger partial charge in [0, 0.05) is 0 Å². The van der Waals surface area contributed by atoms with Gasteiger partial charge in [0.25, 0.3) is 0 Å². The lowest BCUT2D eigenvalue weighted by Crippen LogP contribution is -1.84. The van der Waals surface area contributed by atoms with E-state index in [0.29, 0.717) is 0 Å². The number of hydrogen-bond donors (Lipinski definition) is 0. The molecule has 0 nitrogen and oxygen atoms in total. The van der Waals surface area contributed by atoms with Gasteiger partial charge in [0.2, 0.25) is 0 Å². The highest BCUT2D eigenvalue weighted by Gasteiger charge is 2.03. The third-order valence-corrected chi connectivity index (χ3v) is 4.69. The van der Waals surface area contributed by atoms with Crippen LogP contribution in [0.2, 0.25) is 0 Å². The molecule has 0 heterocycles. The van der Waals surface area contributed by atoms with Gasteiger partial charge in [-0.15, -0.1) is 0 Å². The van der Waals surface area contributed by atoms with Crippen LogP contribution in [0.3, 0.4) is 0 Å². The molecule has 0 aliphatic carbocycles. The Morgan fingerprint density at radius 1 is 0.600 bits per heavy atom. The van der Waals surface area contributed by atoms with E-state index in [9.17, 15) is 4.39 Å². The number of halogens is 1. The first-order valence-electron chi connectivity index (χ1n) is 8.62. The molecule has 0 bridgehead atoms. The summed E-state index contributed by atoms with van der Waals surface area (Å²) in [7, 11) is 0. The summed E-state index contributed by atoms with van der Waals surface area (Å²) in [4.78, 5) is 0. The molecule has 0 atom stereocenters. The summed E-state index contributed by atoms with van der Waals surface area (Å²) >= 11 is 0. The lowest BCUT2D eigenvalue weighted by atomic mass is 9.97. The molecule has 0 unspecified atom stereocenters. The van der Waals surface area contributed by atoms with Crippen LogP contribution in [0.4, 0.5) is 4.39 Å². The molecule has 4 rings (SSSR count). The molecule has 0 amide bonds. The minimum absolute atomic E-state index is 0.206. The van der Waals surface area contributed by atoms with E-state index in [0.717, 1.165) is 17.5 Å². The maximum atomic E-state index is 13.4. The molecule has 0 N–H and O–H groups in total. The Labute approximate surface area is 147 Å². The Morgan fingerprint density at radius 3 is 1.88 bits per heavy atom. The highest BCUT2D eigenvalue weighted by Crippen LogP contribution is 2.28. The number of aryl methyl sites for hydroxylation is 1. The third-order valence-electron chi connectivity index (χ3n) is 4.69. The van der Waals surface area contributed by atoms with Crippen molar-refractivity contribution >= 4 is 10.8 Å². The van der Waals surface area contributed by atoms with Crippen LogP contribution in [0.1, 0.15) is 12.5 Å². The fourth-order valence-electron chi connectivity index (χ4n) is 3.22. The first-order chi connectivity index (χ1) is 12.2. The molecular weight excluding hydrogens is 307 g/mol. The topological polar surface area (TPSA) is 0 Å². The van der Waals surface area contributed by atoms with E-state index in [4.69, 9.17) is 0 Å². The van der Waals surface area contributed by atoms with Crippen molar-refractivity contribution in [2.45, 2.75) is 13.3 Å². The molecule has 1 heteroatoms. The fraction of sp³-hybridized carbons (Fsp3) is 0.0833. The molecule has 25 heavy (non-hydrogen) atoms. The van der Waals surface area contributed by atoms with Gasteiger partial charge in [0.05, 0.1) is 0 Å². The smallest absolute Gasteiger partial charge is 0.123 e. The van der Waals surface area contributed by atoms with Crippen LogP contribution in [0, 0.1) is 5.82 Å². The van der Waals surface area contributed by atoms with E-state index in [2.05, 4.69) is 67.6 Å². The van der Waals surface area contributed by atoms with E-state index in [1.54, 1.807) is 12.1 Å². The molecule has 0 aromatic heterocycles. The van der Waals surface area contributed by atoms with Crippen LogP contribution in [-0.4, -0.2) is 0 Å². The van der Waals surface area contributed by atoms with Crippen molar-refractivity contribution in [2.24, 2.45) is 0 Å². The van der Waals surface area contributed by atoms with Gasteiger partial charge in [-0.25, -0.2) is 4.39 Å². The van der Waals surface area contributed by atoms with Gasteiger partial charge in [0.1, 0.15) is 5.82 Å². The SMILES string of the molecule is CCc1ccc2cc(-c3ccc(-c4cccc(F)c4)cc3)ccc2c1. The third kappa shape index (κ3) is 3.18. The normalized spacial score (nSPS) is 11.0. The quantitative estimate of drug-likeness (QED) is 0.385. The Kier molecular flexibility index (Phi) is 4.07. The zero-order chi connectivity index (χ0) is 17.2. The molecule has 0 aliphatic rings. The van der Waals surface area contributed by atoms with Crippen LogP contribution >= 0.6 is 0 Å². The van der Waals surface area contributed by atoms with Crippen molar-refractivity contribution in [1.29, 1.82) is 0 Å². The molecule has 4 aromatic rings. The monoisotopic (exact) mass is 326 g/mol. The predicted octanol–water partition coefficient (Wildman–Crippen LogP) is 6.88. The molecule has 0 saturated heterocycles. The molecule has 0 fully saturated rings. The van der Waals surface area contributed by atoms with Gasteiger partial charge in [-0.05, 0) is 63.2 Å². The second kappa shape index (κ2) is 6.52. The van der Waals surface area contributed by atoms with Crippen molar-refractivity contribution in [3.05, 3.63) is 96.3 Å². The van der Waals surface area contributed by atoms with Gasteiger partial charge in [0.15, 0.2) is 0 Å². The van der Waals surface area contributed by atoms with Crippen molar-refractivity contribution in [3.8, 4) is 22.3 Å². The average molecular weight is 326 g/mol. The van der Waals surface area contributed by atoms with Crippen LogP contribution < -0.4 is 0 Å². The largest absolute Gasteiger partial charge is 0.207 e. The lowest BCUT2D eigenvalue weighted by molar-refractivity contribution is 0.628. The summed E-state index contributed by atoms with van der Waals surface area (Å²) in [5.74, 6) is -0.206. The standard InChI is InChI=1S/C24H19F/c1-2-17-6-7-23-15-22(13-12-21(23)14-17)19-10-8-18(9-11-19)20-4-3-5-24(25)16-20/h3-16H,2H2,1H3. The number of fused-ring (bicyclic) bond motifs is 1. The Bertz CT molecular complexity index is 1030. The van der Waals surface area contributed by atoms with Gasteiger partial charge < -0.3 is 0 Å². The van der Waals surface area contributed by atoms with Crippen LogP contribution in [0.5, 0.6) is 0 Å². The van der Waals surface area contributed by atoms with E-state index in [-0.39, 0.29) is 5.82 Å². The summed E-state index contributed by atoms with van der Waals surface area (Å²) in [6.45, 7) is 2.18. The zero-order valence-electron chi connectivity index (χ0n) is 14.2. The lowest BCUT2D eigenvalue weighted by Gasteiger charge is -2.07. The minimum atomic E-state index is -0.206. The average Bonchev–Trinajstić information content (AvgIpc) is 2.67. The summed E-state index contributed by atoms with van der Waals surface area (Å²) in [6, 6.07) is 28.2. The van der Waals surface area contributed by atoms with Crippen molar-refractivity contribution in [1.82, 2.24) is 0 Å². The van der Waals surface area contributed by atoms with Crippen molar-refractivity contribution in [3.63, 3.8) is 0 Å². The maximum absolute atomic E-state index is 13.4. The Hall–Kier alpha value is -2.93. The molecule has 0 spiro atoms. The molecule has 122 valence electrons. The van der Waals surface area contributed by atoms with Crippen LogP contribution in [-0.2, 0) is 6.42 Å². The van der Waals surface area contributed by atoms with Gasteiger partial charge in [-0.1, -0.05) is 73.7 Å². The number of rotatable bonds is 3. The molecule has 0 radical (unpaired) electrons. The summed E-state index contributed by atoms with van der Waals surface area (Å²) < 4.78 is 13.4. The van der Waals surface area contributed by atoms with Gasteiger partial charge in [-0.3, -0.25) is 0 Å². The highest BCUT2D eigenvalue weighted by atomic mass is 19.1. The first-order valence-corrected chi connectivity index (χ1v) is 8.62. The number of hydrogen-bond acceptors (Lipinski definition) is 0. The van der Waals surface area contributed by atoms with E-state index >= 15 is 0 Å². The second-order valence-electron chi connectivity index (χ2n) is 6.34. The molecule has 0 aliphatic heterocycles. The minimum Gasteiger partial charge on any atom is -0.207 e. The Balaban J connectivity index is 1.69. The number of benzene rings is 4. The van der Waals surface area contributed by atoms with Gasteiger partial charge in [-0.2, -0.15) is 0 Å². The van der Waals surface area contributed by atoms with E-state index < -0.39 is 0 Å². The molecule has 0 saturated carbocycles. The Morgan fingerprint density at radius 2 is 1.20 bits per heavy atom. The predicted molar refractivity (Wildman–Crippen MR) is 104 cm³/mol. The summed E-state index contributed by atoms with van der Waals surface area (Å²) in [5, 5.41) is 2.53. The van der Waals surface area contributed by atoms with Gasteiger partial charge >= 0.3 is 0 Å². The highest BCUT2D eigenvalue weighted by molar-refractivity contribution is 5.88. The summed E-state index contributed by atoms with van der Waals surface area (Å²) in [5.41, 5.74) is 5.65. The molecule has 4 aromatic carbocycles. The van der Waals surface area contributed by atoms with E-state index in [1.165, 1.54) is 33.5 Å². The fourth-order valence-corrected chi connectivity index (χ4v) is 3.22. The van der Waals surface area contributed by atoms with Crippen LogP contribution in [0.25, 0.3) is 33.0 Å². The van der Waals surface area contributed by atoms with E-state index in [1.807, 2.05) is 6.07 Å². The van der Waals surface area contributed by atoms with Crippen molar-refractivity contribution < 1.29 is 4.39 Å². The summed E-state index contributed by atoms with van der Waals surface area (Å²) in [6.07, 6.45) is 1.05. The van der Waals surface area contributed by atoms with Crippen molar-refractivity contribution in [2.75, 3.05) is 0 Å².